The Morgan fingerprint density at radius 3 is 2.55 bits per heavy atom. The average molecular weight is 508 g/mol. The van der Waals surface area contributed by atoms with E-state index in [0.717, 1.165) is 36.3 Å². The van der Waals surface area contributed by atoms with E-state index in [9.17, 15) is 4.79 Å². The van der Waals surface area contributed by atoms with Crippen molar-refractivity contribution in [1.29, 1.82) is 0 Å². The number of ether oxygens (including phenoxy) is 1. The molecule has 0 bridgehead atoms. The van der Waals surface area contributed by atoms with E-state index in [0.29, 0.717) is 13.0 Å². The summed E-state index contributed by atoms with van der Waals surface area (Å²) in [6, 6.07) is 15.0. The predicted octanol–water partition coefficient (Wildman–Crippen LogP) is 4.87. The molecule has 0 saturated carbocycles. The van der Waals surface area contributed by atoms with E-state index in [1.54, 1.807) is 0 Å². The molecule has 0 aromatic heterocycles. The highest BCUT2D eigenvalue weighted by molar-refractivity contribution is 9.10. The van der Waals surface area contributed by atoms with Gasteiger partial charge < -0.3 is 19.9 Å². The number of benzene rings is 2. The van der Waals surface area contributed by atoms with Gasteiger partial charge in [-0.05, 0) is 47.5 Å². The molecule has 1 amide bonds. The highest BCUT2D eigenvalue weighted by Crippen LogP contribution is 2.52. The first-order chi connectivity index (χ1) is 15.9. The first kappa shape index (κ1) is 22.2. The number of fused-ring (bicyclic) bond motifs is 3. The molecule has 5 nitrogen and oxygen atoms in total. The molecule has 3 aliphatic heterocycles. The molecule has 0 radical (unpaired) electrons. The van der Waals surface area contributed by atoms with Crippen molar-refractivity contribution in [2.24, 2.45) is 0 Å². The molecule has 2 fully saturated rings. The molecular weight excluding hydrogens is 478 g/mol. The quantitative estimate of drug-likeness (QED) is 0.599. The van der Waals surface area contributed by atoms with Crippen molar-refractivity contribution in [1.82, 2.24) is 5.32 Å². The van der Waals surface area contributed by atoms with Gasteiger partial charge in [0.1, 0.15) is 5.66 Å². The van der Waals surface area contributed by atoms with E-state index in [-0.39, 0.29) is 11.3 Å². The summed E-state index contributed by atoms with van der Waals surface area (Å²) in [7, 11) is 0. The summed E-state index contributed by atoms with van der Waals surface area (Å²) in [5.41, 5.74) is 3.95. The van der Waals surface area contributed by atoms with E-state index >= 15 is 0 Å². The summed E-state index contributed by atoms with van der Waals surface area (Å²) in [6.07, 6.45) is 8.89. The monoisotopic (exact) mass is 507 g/mol. The smallest absolute Gasteiger partial charge is 0.223 e. The largest absolute Gasteiger partial charge is 0.378 e. The Morgan fingerprint density at radius 2 is 1.79 bits per heavy atom. The van der Waals surface area contributed by atoms with Gasteiger partial charge in [0, 0.05) is 47.3 Å². The van der Waals surface area contributed by atoms with Crippen LogP contribution in [0.15, 0.2) is 65.2 Å². The fraction of sp³-hybridized carbons (Fsp3) is 0.370. The standard InChI is InChI=1S/C27H30BrN3O2/c1-26(2)23-19-21(28)8-11-24(23)31-14-12-25(32)29-27(26,31)13-4-3-5-20-6-9-22(10-7-20)30-15-17-33-18-16-30/h3-11,13,19H,12,14-18H2,1-2H3,(H,29,32). The number of halogens is 1. The van der Waals surface area contributed by atoms with Gasteiger partial charge in [0.2, 0.25) is 5.91 Å². The summed E-state index contributed by atoms with van der Waals surface area (Å²) in [5.74, 6) is 0.0959. The zero-order chi connectivity index (χ0) is 23.1. The van der Waals surface area contributed by atoms with Crippen LogP contribution in [0.5, 0.6) is 0 Å². The Balaban J connectivity index is 1.38. The lowest BCUT2D eigenvalue weighted by Gasteiger charge is -2.49. The molecule has 2 aromatic rings. The number of allylic oxidation sites excluding steroid dienone is 2. The zero-order valence-electron chi connectivity index (χ0n) is 19.2. The molecule has 5 rings (SSSR count). The maximum Gasteiger partial charge on any atom is 0.223 e. The molecule has 1 unspecified atom stereocenters. The summed E-state index contributed by atoms with van der Waals surface area (Å²) in [4.78, 5) is 17.2. The number of hydrogen-bond donors (Lipinski definition) is 1. The first-order valence-electron chi connectivity index (χ1n) is 11.6. The average Bonchev–Trinajstić information content (AvgIpc) is 3.01. The third kappa shape index (κ3) is 3.89. The van der Waals surface area contributed by atoms with Gasteiger partial charge >= 0.3 is 0 Å². The van der Waals surface area contributed by atoms with Gasteiger partial charge in [0.05, 0.1) is 13.2 Å². The number of anilines is 2. The maximum atomic E-state index is 12.5. The van der Waals surface area contributed by atoms with Crippen molar-refractivity contribution >= 4 is 39.3 Å². The van der Waals surface area contributed by atoms with Crippen LogP contribution in [-0.4, -0.2) is 44.4 Å². The molecule has 33 heavy (non-hydrogen) atoms. The number of nitrogens with zero attached hydrogens (tertiary/aromatic N) is 2. The van der Waals surface area contributed by atoms with Crippen molar-refractivity contribution in [3.63, 3.8) is 0 Å². The molecule has 6 heteroatoms. The van der Waals surface area contributed by atoms with Crippen LogP contribution >= 0.6 is 15.9 Å². The van der Waals surface area contributed by atoms with Gasteiger partial charge in [-0.3, -0.25) is 4.79 Å². The fourth-order valence-corrected chi connectivity index (χ4v) is 5.67. The molecule has 2 saturated heterocycles. The van der Waals surface area contributed by atoms with Gasteiger partial charge in [0.15, 0.2) is 0 Å². The van der Waals surface area contributed by atoms with Crippen molar-refractivity contribution < 1.29 is 9.53 Å². The first-order valence-corrected chi connectivity index (χ1v) is 12.4. The minimum absolute atomic E-state index is 0.0959. The molecule has 2 aromatic carbocycles. The summed E-state index contributed by atoms with van der Waals surface area (Å²) in [6.45, 7) is 8.59. The van der Waals surface area contributed by atoms with E-state index in [1.165, 1.54) is 16.9 Å². The molecular formula is C27H30BrN3O2. The molecule has 0 aliphatic carbocycles. The second kappa shape index (κ2) is 8.65. The van der Waals surface area contributed by atoms with Crippen molar-refractivity contribution in [3.8, 4) is 0 Å². The number of morpholine rings is 1. The third-order valence-corrected chi connectivity index (χ3v) is 7.69. The van der Waals surface area contributed by atoms with Crippen LogP contribution in [0.3, 0.4) is 0 Å². The Morgan fingerprint density at radius 1 is 1.03 bits per heavy atom. The van der Waals surface area contributed by atoms with Crippen LogP contribution in [0.1, 0.15) is 31.4 Å². The maximum absolute atomic E-state index is 12.5. The predicted molar refractivity (Wildman–Crippen MR) is 138 cm³/mol. The van der Waals surface area contributed by atoms with E-state index in [4.69, 9.17) is 4.74 Å². The van der Waals surface area contributed by atoms with Crippen LogP contribution in [-0.2, 0) is 14.9 Å². The second-order valence-electron chi connectivity index (χ2n) is 9.41. The molecule has 3 aliphatic rings. The highest BCUT2D eigenvalue weighted by atomic mass is 79.9. The minimum Gasteiger partial charge on any atom is -0.378 e. The van der Waals surface area contributed by atoms with Crippen molar-refractivity contribution in [2.45, 2.75) is 31.3 Å². The second-order valence-corrected chi connectivity index (χ2v) is 10.3. The topological polar surface area (TPSA) is 44.8 Å². The van der Waals surface area contributed by atoms with Crippen LogP contribution in [0.25, 0.3) is 6.08 Å². The van der Waals surface area contributed by atoms with Crippen LogP contribution < -0.4 is 15.1 Å². The van der Waals surface area contributed by atoms with Crippen LogP contribution in [0, 0.1) is 0 Å². The lowest BCUT2D eigenvalue weighted by Crippen LogP contribution is -2.68. The van der Waals surface area contributed by atoms with Crippen LogP contribution in [0.2, 0.25) is 0 Å². The summed E-state index contributed by atoms with van der Waals surface area (Å²) in [5, 5.41) is 3.33. The number of carbonyl (C=O) groups excluding carboxylic acids is 1. The normalized spacial score (nSPS) is 24.3. The zero-order valence-corrected chi connectivity index (χ0v) is 20.8. The Labute approximate surface area is 204 Å². The number of carbonyl (C=O) groups is 1. The third-order valence-electron chi connectivity index (χ3n) is 7.20. The van der Waals surface area contributed by atoms with Crippen molar-refractivity contribution in [3.05, 3.63) is 76.3 Å². The number of rotatable bonds is 4. The number of hydrogen-bond acceptors (Lipinski definition) is 4. The molecule has 1 N–H and O–H groups in total. The van der Waals surface area contributed by atoms with Gasteiger partial charge in [-0.2, -0.15) is 0 Å². The van der Waals surface area contributed by atoms with Gasteiger partial charge in [-0.1, -0.05) is 60.1 Å². The van der Waals surface area contributed by atoms with E-state index in [2.05, 4.69) is 112 Å². The number of nitrogens with one attached hydrogen (secondary N) is 1. The number of amides is 1. The summed E-state index contributed by atoms with van der Waals surface area (Å²) >= 11 is 3.62. The van der Waals surface area contributed by atoms with E-state index in [1.807, 2.05) is 0 Å². The van der Waals surface area contributed by atoms with E-state index < -0.39 is 5.66 Å². The van der Waals surface area contributed by atoms with Crippen molar-refractivity contribution in [2.75, 3.05) is 42.6 Å². The summed E-state index contributed by atoms with van der Waals surface area (Å²) < 4.78 is 6.50. The highest BCUT2D eigenvalue weighted by Gasteiger charge is 2.57. The molecule has 1 atom stereocenters. The molecule has 0 spiro atoms. The Kier molecular flexibility index (Phi) is 5.83. The van der Waals surface area contributed by atoms with Gasteiger partial charge in [-0.15, -0.1) is 0 Å². The fourth-order valence-electron chi connectivity index (χ4n) is 5.31. The molecule has 172 valence electrons. The Bertz CT molecular complexity index is 1100. The minimum atomic E-state index is -0.587. The lowest BCUT2D eigenvalue weighted by molar-refractivity contribution is -0.124. The molecule has 3 heterocycles. The van der Waals surface area contributed by atoms with Gasteiger partial charge in [0.25, 0.3) is 0 Å². The van der Waals surface area contributed by atoms with Gasteiger partial charge in [-0.25, -0.2) is 0 Å². The Hall–Kier alpha value is -2.57. The van der Waals surface area contributed by atoms with Crippen LogP contribution in [0.4, 0.5) is 11.4 Å². The SMILES string of the molecule is CC1(C)c2cc(Br)ccc2N2CCC(=O)NC21C=CC=Cc1ccc(N2CCOCC2)cc1. The lowest BCUT2D eigenvalue weighted by atomic mass is 9.74.